The summed E-state index contributed by atoms with van der Waals surface area (Å²) in [7, 11) is 0. The van der Waals surface area contributed by atoms with Crippen LogP contribution in [0.5, 0.6) is 0 Å². The van der Waals surface area contributed by atoms with E-state index >= 15 is 0 Å². The second-order valence-corrected chi connectivity index (χ2v) is 11.5. The number of benzene rings is 4. The van der Waals surface area contributed by atoms with E-state index in [2.05, 4.69) is 89.9 Å². The third kappa shape index (κ3) is 4.01. The fourth-order valence-electron chi connectivity index (χ4n) is 6.98. The summed E-state index contributed by atoms with van der Waals surface area (Å²) < 4.78 is 6.75. The van der Waals surface area contributed by atoms with Crippen molar-refractivity contribution < 1.29 is 4.74 Å². The van der Waals surface area contributed by atoms with E-state index in [1.54, 1.807) is 0 Å². The van der Waals surface area contributed by atoms with Gasteiger partial charge in [0.05, 0.1) is 12.1 Å². The Kier molecular flexibility index (Phi) is 5.78. The van der Waals surface area contributed by atoms with Gasteiger partial charge in [0.2, 0.25) is 0 Å². The van der Waals surface area contributed by atoms with Gasteiger partial charge in [-0.2, -0.15) is 0 Å². The largest absolute Gasteiger partial charge is 0.363 e. The Balaban J connectivity index is 1.12. The van der Waals surface area contributed by atoms with Crippen LogP contribution in [0.3, 0.4) is 0 Å². The van der Waals surface area contributed by atoms with E-state index in [-0.39, 0.29) is 24.2 Å². The number of ether oxygens (including phenoxy) is 1. The Morgan fingerprint density at radius 1 is 0.568 bits per heavy atom. The standard InChI is InChI=1S/C39H28N4O/c1-3-11-25(12-4-1)37-40-38(26-13-5-2-6-14-26)42-39(41-37)27-19-21-28(22-20-27)43-33-17-9-7-15-29(33)31-23-24-32-30-16-8-10-18-34(30)44-36(32)35(31)43/h1-24,30,34-36H. The molecule has 4 aromatic carbocycles. The van der Waals surface area contributed by atoms with Gasteiger partial charge >= 0.3 is 0 Å². The van der Waals surface area contributed by atoms with Crippen molar-refractivity contribution in [1.29, 1.82) is 0 Å². The molecule has 44 heavy (non-hydrogen) atoms. The monoisotopic (exact) mass is 568 g/mol. The van der Waals surface area contributed by atoms with Gasteiger partial charge in [0.1, 0.15) is 6.10 Å². The Morgan fingerprint density at radius 2 is 1.16 bits per heavy atom. The molecule has 1 saturated heterocycles. The second kappa shape index (κ2) is 10.1. The summed E-state index contributed by atoms with van der Waals surface area (Å²) in [6, 6.07) is 37.5. The normalized spacial score (nSPS) is 22.5. The van der Waals surface area contributed by atoms with Crippen LogP contribution >= 0.6 is 0 Å². The molecule has 5 nitrogen and oxygen atoms in total. The number of fused-ring (bicyclic) bond motifs is 7. The molecular formula is C39H28N4O. The van der Waals surface area contributed by atoms with Crippen LogP contribution in [0.2, 0.25) is 0 Å². The molecule has 3 heterocycles. The predicted molar refractivity (Wildman–Crippen MR) is 175 cm³/mol. The van der Waals surface area contributed by atoms with Gasteiger partial charge in [-0.25, -0.2) is 15.0 Å². The first kappa shape index (κ1) is 25.1. The third-order valence-corrected chi connectivity index (χ3v) is 9.02. The molecule has 0 radical (unpaired) electrons. The summed E-state index contributed by atoms with van der Waals surface area (Å²) in [6.07, 6.45) is 13.4. The minimum absolute atomic E-state index is 0.0186. The lowest BCUT2D eigenvalue weighted by Gasteiger charge is -2.34. The fraction of sp³-hybridized carbons (Fsp3) is 0.103. The van der Waals surface area contributed by atoms with Crippen LogP contribution in [0.4, 0.5) is 11.4 Å². The van der Waals surface area contributed by atoms with Gasteiger partial charge < -0.3 is 9.64 Å². The minimum Gasteiger partial charge on any atom is -0.363 e. The van der Waals surface area contributed by atoms with E-state index in [9.17, 15) is 0 Å². The smallest absolute Gasteiger partial charge is 0.164 e. The zero-order valence-corrected chi connectivity index (χ0v) is 23.9. The van der Waals surface area contributed by atoms with Crippen LogP contribution in [0.25, 0.3) is 39.7 Å². The summed E-state index contributed by atoms with van der Waals surface area (Å²) in [5, 5.41) is 0. The lowest BCUT2D eigenvalue weighted by Crippen LogP contribution is -2.40. The number of anilines is 2. The molecule has 1 fully saturated rings. The van der Waals surface area contributed by atoms with Gasteiger partial charge in [-0.15, -0.1) is 0 Å². The lowest BCUT2D eigenvalue weighted by molar-refractivity contribution is 0.0676. The summed E-state index contributed by atoms with van der Waals surface area (Å²) in [5.74, 6) is 2.26. The van der Waals surface area contributed by atoms with Crippen molar-refractivity contribution in [2.45, 2.75) is 18.2 Å². The number of nitrogens with zero attached hydrogens (tertiary/aromatic N) is 4. The Bertz CT molecular complexity index is 1950. The zero-order chi connectivity index (χ0) is 29.0. The quantitative estimate of drug-likeness (QED) is 0.219. The molecule has 4 atom stereocenters. The number of rotatable bonds is 4. The lowest BCUT2D eigenvalue weighted by atomic mass is 9.82. The molecule has 4 aliphatic rings. The van der Waals surface area contributed by atoms with Crippen molar-refractivity contribution in [2.75, 3.05) is 4.90 Å². The SMILES string of the molecule is C1=CC2OC3C(=CC=C4c5ccccc5N(c5ccc(-c6nc(-c7ccccc7)nc(-c7ccccc7)n6)cc5)C43)C2C=C1. The molecule has 0 N–H and O–H groups in total. The molecule has 5 aromatic rings. The van der Waals surface area contributed by atoms with Crippen LogP contribution in [-0.4, -0.2) is 33.2 Å². The van der Waals surface area contributed by atoms with E-state index in [0.717, 1.165) is 22.4 Å². The number of hydrogen-bond acceptors (Lipinski definition) is 5. The molecular weight excluding hydrogens is 540 g/mol. The number of para-hydroxylation sites is 1. The van der Waals surface area contributed by atoms with Gasteiger partial charge in [-0.1, -0.05) is 115 Å². The van der Waals surface area contributed by atoms with Crippen LogP contribution in [0.1, 0.15) is 5.56 Å². The van der Waals surface area contributed by atoms with Crippen molar-refractivity contribution in [1.82, 2.24) is 15.0 Å². The van der Waals surface area contributed by atoms with E-state index < -0.39 is 0 Å². The highest BCUT2D eigenvalue weighted by Gasteiger charge is 2.49. The topological polar surface area (TPSA) is 51.1 Å². The number of aromatic nitrogens is 3. The van der Waals surface area contributed by atoms with E-state index in [1.807, 2.05) is 60.7 Å². The molecule has 0 saturated carbocycles. The van der Waals surface area contributed by atoms with Gasteiger partial charge in [-0.05, 0) is 41.5 Å². The van der Waals surface area contributed by atoms with E-state index in [1.165, 1.54) is 22.4 Å². The molecule has 0 bridgehead atoms. The predicted octanol–water partition coefficient (Wildman–Crippen LogP) is 8.23. The first-order chi connectivity index (χ1) is 21.8. The Labute approximate surface area is 256 Å². The van der Waals surface area contributed by atoms with Crippen molar-refractivity contribution in [2.24, 2.45) is 5.92 Å². The van der Waals surface area contributed by atoms with E-state index in [4.69, 9.17) is 19.7 Å². The minimum atomic E-state index is -0.0186. The third-order valence-electron chi connectivity index (χ3n) is 9.02. The average Bonchev–Trinajstić information content (AvgIpc) is 3.65. The summed E-state index contributed by atoms with van der Waals surface area (Å²) in [5.41, 5.74) is 9.10. The van der Waals surface area contributed by atoms with Gasteiger partial charge in [0.15, 0.2) is 17.5 Å². The number of hydrogen-bond donors (Lipinski definition) is 0. The second-order valence-electron chi connectivity index (χ2n) is 11.5. The van der Waals surface area contributed by atoms with Crippen LogP contribution in [0, 0.1) is 5.92 Å². The summed E-state index contributed by atoms with van der Waals surface area (Å²) in [6.45, 7) is 0. The van der Waals surface area contributed by atoms with Gasteiger partial charge in [-0.3, -0.25) is 0 Å². The summed E-state index contributed by atoms with van der Waals surface area (Å²) in [4.78, 5) is 17.2. The molecule has 1 aromatic heterocycles. The molecule has 210 valence electrons. The summed E-state index contributed by atoms with van der Waals surface area (Å²) >= 11 is 0. The maximum absolute atomic E-state index is 6.75. The zero-order valence-electron chi connectivity index (χ0n) is 23.9. The highest BCUT2D eigenvalue weighted by molar-refractivity contribution is 5.94. The fourth-order valence-corrected chi connectivity index (χ4v) is 6.98. The van der Waals surface area contributed by atoms with Gasteiger partial charge in [0.25, 0.3) is 0 Å². The maximum Gasteiger partial charge on any atom is 0.164 e. The molecule has 5 heteroatoms. The highest BCUT2D eigenvalue weighted by Crippen LogP contribution is 2.52. The average molecular weight is 569 g/mol. The molecule has 4 unspecified atom stereocenters. The van der Waals surface area contributed by atoms with E-state index in [0.29, 0.717) is 17.5 Å². The molecule has 2 aliphatic carbocycles. The Hall–Kier alpha value is -5.39. The van der Waals surface area contributed by atoms with Crippen molar-refractivity contribution in [3.05, 3.63) is 157 Å². The first-order valence-corrected chi connectivity index (χ1v) is 15.1. The molecule has 0 amide bonds. The molecule has 9 rings (SSSR count). The van der Waals surface area contributed by atoms with Crippen molar-refractivity contribution in [3.63, 3.8) is 0 Å². The first-order valence-electron chi connectivity index (χ1n) is 15.1. The maximum atomic E-state index is 6.75. The van der Waals surface area contributed by atoms with Crippen LogP contribution in [-0.2, 0) is 4.74 Å². The van der Waals surface area contributed by atoms with Crippen molar-refractivity contribution >= 4 is 16.9 Å². The Morgan fingerprint density at radius 3 is 1.84 bits per heavy atom. The molecule has 0 spiro atoms. The van der Waals surface area contributed by atoms with Crippen LogP contribution in [0.15, 0.2) is 151 Å². The number of allylic oxidation sites excluding steroid dienone is 4. The van der Waals surface area contributed by atoms with Gasteiger partial charge in [0, 0.05) is 39.5 Å². The van der Waals surface area contributed by atoms with Crippen molar-refractivity contribution in [3.8, 4) is 34.2 Å². The highest BCUT2D eigenvalue weighted by atomic mass is 16.5. The van der Waals surface area contributed by atoms with Crippen LogP contribution < -0.4 is 4.90 Å². The molecule has 2 aliphatic heterocycles.